The number of benzene rings is 2. The van der Waals surface area contributed by atoms with Gasteiger partial charge in [-0.1, -0.05) is 54.9 Å². The lowest BCUT2D eigenvalue weighted by Gasteiger charge is -2.17. The van der Waals surface area contributed by atoms with Gasteiger partial charge in [-0.15, -0.1) is 0 Å². The monoisotopic (exact) mass is 408 g/mol. The van der Waals surface area contributed by atoms with Gasteiger partial charge in [0.2, 0.25) is 0 Å². The minimum Gasteiger partial charge on any atom is -0.497 e. The van der Waals surface area contributed by atoms with Crippen molar-refractivity contribution >= 4 is 23.6 Å². The zero-order valence-electron chi connectivity index (χ0n) is 16.4. The lowest BCUT2D eigenvalue weighted by molar-refractivity contribution is -0.138. The Morgan fingerprint density at radius 3 is 2.34 bits per heavy atom. The summed E-state index contributed by atoms with van der Waals surface area (Å²) in [5, 5.41) is 3.39. The molecule has 29 heavy (non-hydrogen) atoms. The molecule has 1 fully saturated rings. The fraction of sp³-hybridized carbons (Fsp3) is 0.304. The lowest BCUT2D eigenvalue weighted by atomic mass is 10.2. The van der Waals surface area contributed by atoms with Crippen LogP contribution >= 0.6 is 11.8 Å². The fourth-order valence-electron chi connectivity index (χ4n) is 3.72. The smallest absolute Gasteiger partial charge is 0.278 e. The molecule has 0 bridgehead atoms. The van der Waals surface area contributed by atoms with Crippen LogP contribution in [0.2, 0.25) is 0 Å². The molecule has 150 valence electrons. The quantitative estimate of drug-likeness (QED) is 0.699. The summed E-state index contributed by atoms with van der Waals surface area (Å²) in [5.41, 5.74) is 1.38. The largest absolute Gasteiger partial charge is 0.497 e. The average molecular weight is 409 g/mol. The second-order valence-corrected chi connectivity index (χ2v) is 8.37. The number of nitrogens with zero attached hydrogens (tertiary/aromatic N) is 1. The maximum Gasteiger partial charge on any atom is 0.278 e. The van der Waals surface area contributed by atoms with Crippen LogP contribution in [0.15, 0.2) is 70.1 Å². The number of hydrogen-bond donors (Lipinski definition) is 1. The molecule has 2 amide bonds. The summed E-state index contributed by atoms with van der Waals surface area (Å²) in [7, 11) is 1.62. The van der Waals surface area contributed by atoms with Crippen molar-refractivity contribution in [1.29, 1.82) is 0 Å². The van der Waals surface area contributed by atoms with E-state index in [-0.39, 0.29) is 24.4 Å². The van der Waals surface area contributed by atoms with E-state index in [9.17, 15) is 9.59 Å². The van der Waals surface area contributed by atoms with Gasteiger partial charge in [0.05, 0.1) is 13.7 Å². The van der Waals surface area contributed by atoms with Crippen LogP contribution in [0.1, 0.15) is 31.2 Å². The molecule has 1 saturated carbocycles. The maximum atomic E-state index is 13.2. The first-order valence-electron chi connectivity index (χ1n) is 9.88. The summed E-state index contributed by atoms with van der Waals surface area (Å²) in [6, 6.07) is 17.4. The van der Waals surface area contributed by atoms with Crippen LogP contribution in [0, 0.1) is 0 Å². The van der Waals surface area contributed by atoms with Gasteiger partial charge in [0, 0.05) is 10.9 Å². The number of carbonyl (C=O) groups excluding carboxylic acids is 2. The summed E-state index contributed by atoms with van der Waals surface area (Å²) in [6.45, 7) is 0.279. The summed E-state index contributed by atoms with van der Waals surface area (Å²) < 4.78 is 5.21. The Bertz CT molecular complexity index is 919. The molecule has 1 aliphatic carbocycles. The van der Waals surface area contributed by atoms with Crippen LogP contribution < -0.4 is 10.1 Å². The topological polar surface area (TPSA) is 58.6 Å². The Kier molecular flexibility index (Phi) is 5.90. The molecule has 5 nitrogen and oxygen atoms in total. The standard InChI is InChI=1S/C23H24N2O3S/c1-28-18-11-13-19(14-12-18)29-21-20(24-17-9-5-6-10-17)22(26)25(23(21)27)15-16-7-3-2-4-8-16/h2-4,7-8,11-14,17,24H,5-6,9-10,15H2,1H3. The van der Waals surface area contributed by atoms with Gasteiger partial charge < -0.3 is 10.1 Å². The van der Waals surface area contributed by atoms with Crippen molar-refractivity contribution in [3.63, 3.8) is 0 Å². The second-order valence-electron chi connectivity index (χ2n) is 7.29. The fourth-order valence-corrected chi connectivity index (χ4v) is 4.67. The summed E-state index contributed by atoms with van der Waals surface area (Å²) in [6.07, 6.45) is 4.37. The van der Waals surface area contributed by atoms with Crippen molar-refractivity contribution < 1.29 is 14.3 Å². The number of imide groups is 1. The van der Waals surface area contributed by atoms with E-state index in [0.29, 0.717) is 10.6 Å². The Labute approximate surface area is 175 Å². The van der Waals surface area contributed by atoms with Crippen molar-refractivity contribution in [2.75, 3.05) is 7.11 Å². The lowest BCUT2D eigenvalue weighted by Crippen LogP contribution is -2.35. The number of hydrogen-bond acceptors (Lipinski definition) is 5. The van der Waals surface area contributed by atoms with Gasteiger partial charge in [-0.3, -0.25) is 14.5 Å². The first-order chi connectivity index (χ1) is 14.2. The van der Waals surface area contributed by atoms with Crippen LogP contribution in [-0.4, -0.2) is 29.9 Å². The predicted octanol–water partition coefficient (Wildman–Crippen LogP) is 4.10. The summed E-state index contributed by atoms with van der Waals surface area (Å²) in [4.78, 5) is 29.1. The van der Waals surface area contributed by atoms with Crippen LogP contribution in [0.5, 0.6) is 5.75 Å². The van der Waals surface area contributed by atoms with E-state index in [1.54, 1.807) is 7.11 Å². The molecule has 1 heterocycles. The first-order valence-corrected chi connectivity index (χ1v) is 10.7. The highest BCUT2D eigenvalue weighted by molar-refractivity contribution is 8.04. The van der Waals surface area contributed by atoms with Gasteiger partial charge in [0.25, 0.3) is 11.8 Å². The summed E-state index contributed by atoms with van der Waals surface area (Å²) in [5.74, 6) is 0.286. The molecule has 0 spiro atoms. The molecule has 1 aliphatic heterocycles. The van der Waals surface area contributed by atoms with Crippen LogP contribution in [0.3, 0.4) is 0 Å². The molecule has 6 heteroatoms. The third-order valence-electron chi connectivity index (χ3n) is 5.29. The van der Waals surface area contributed by atoms with Crippen molar-refractivity contribution in [1.82, 2.24) is 10.2 Å². The Morgan fingerprint density at radius 1 is 1.00 bits per heavy atom. The molecule has 0 atom stereocenters. The van der Waals surface area contributed by atoms with E-state index in [2.05, 4.69) is 5.32 Å². The van der Waals surface area contributed by atoms with Gasteiger partial charge >= 0.3 is 0 Å². The van der Waals surface area contributed by atoms with E-state index in [0.717, 1.165) is 41.9 Å². The van der Waals surface area contributed by atoms with Gasteiger partial charge in [-0.25, -0.2) is 0 Å². The Hall–Kier alpha value is -2.73. The molecule has 2 aromatic rings. The average Bonchev–Trinajstić information content (AvgIpc) is 3.34. The van der Waals surface area contributed by atoms with E-state index in [1.807, 2.05) is 54.6 Å². The number of amides is 2. The van der Waals surface area contributed by atoms with E-state index in [1.165, 1.54) is 16.7 Å². The zero-order valence-corrected chi connectivity index (χ0v) is 17.2. The molecular formula is C23H24N2O3S. The zero-order chi connectivity index (χ0) is 20.2. The van der Waals surface area contributed by atoms with Gasteiger partial charge in [-0.05, 0) is 42.7 Å². The highest BCUT2D eigenvalue weighted by atomic mass is 32.2. The number of thioether (sulfide) groups is 1. The molecular weight excluding hydrogens is 384 g/mol. The van der Waals surface area contributed by atoms with Crippen LogP contribution in [0.25, 0.3) is 0 Å². The molecule has 0 radical (unpaired) electrons. The highest BCUT2D eigenvalue weighted by Crippen LogP contribution is 2.36. The van der Waals surface area contributed by atoms with E-state index in [4.69, 9.17) is 4.74 Å². The minimum absolute atomic E-state index is 0.234. The minimum atomic E-state index is -0.236. The molecule has 0 aromatic heterocycles. The van der Waals surface area contributed by atoms with Gasteiger partial charge in [-0.2, -0.15) is 0 Å². The van der Waals surface area contributed by atoms with Gasteiger partial charge in [0.1, 0.15) is 16.4 Å². The van der Waals surface area contributed by atoms with E-state index < -0.39 is 0 Å². The number of carbonyl (C=O) groups is 2. The number of rotatable bonds is 7. The normalized spacial score (nSPS) is 17.3. The molecule has 2 aliphatic rings. The third kappa shape index (κ3) is 4.32. The predicted molar refractivity (Wildman–Crippen MR) is 113 cm³/mol. The molecule has 4 rings (SSSR count). The van der Waals surface area contributed by atoms with Crippen LogP contribution in [0.4, 0.5) is 0 Å². The van der Waals surface area contributed by atoms with E-state index >= 15 is 0 Å². The Balaban J connectivity index is 1.60. The van der Waals surface area contributed by atoms with Crippen molar-refractivity contribution in [3.05, 3.63) is 70.8 Å². The number of ether oxygens (including phenoxy) is 1. The maximum absolute atomic E-state index is 13.2. The first kappa shape index (κ1) is 19.6. The molecule has 2 aromatic carbocycles. The summed E-state index contributed by atoms with van der Waals surface area (Å²) >= 11 is 1.34. The number of methoxy groups -OCH3 is 1. The molecule has 0 unspecified atom stereocenters. The van der Waals surface area contributed by atoms with Crippen molar-refractivity contribution in [2.45, 2.75) is 43.2 Å². The Morgan fingerprint density at radius 2 is 1.69 bits per heavy atom. The third-order valence-corrected chi connectivity index (χ3v) is 6.38. The number of nitrogens with one attached hydrogen (secondary N) is 1. The highest BCUT2D eigenvalue weighted by Gasteiger charge is 2.40. The molecule has 0 saturated heterocycles. The molecule has 1 N–H and O–H groups in total. The van der Waals surface area contributed by atoms with Crippen LogP contribution in [-0.2, 0) is 16.1 Å². The SMILES string of the molecule is COc1ccc(SC2=C(NC3CCCC3)C(=O)N(Cc3ccccc3)C2=O)cc1. The van der Waals surface area contributed by atoms with Crippen molar-refractivity contribution in [3.8, 4) is 5.75 Å². The second kappa shape index (κ2) is 8.74. The van der Waals surface area contributed by atoms with Gasteiger partial charge in [0.15, 0.2) is 0 Å². The van der Waals surface area contributed by atoms with Crippen molar-refractivity contribution in [2.24, 2.45) is 0 Å².